The monoisotopic (exact) mass is 245 g/mol. The Morgan fingerprint density at radius 2 is 2.39 bits per heavy atom. The van der Waals surface area contributed by atoms with Gasteiger partial charge in [0.05, 0.1) is 11.7 Å². The lowest BCUT2D eigenvalue weighted by Gasteiger charge is -2.22. The normalized spacial score (nSPS) is 18.9. The molecule has 2 rings (SSSR count). The fourth-order valence-corrected chi connectivity index (χ4v) is 1.96. The van der Waals surface area contributed by atoms with Crippen molar-refractivity contribution in [3.05, 3.63) is 29.3 Å². The molecule has 0 aromatic heterocycles. The summed E-state index contributed by atoms with van der Waals surface area (Å²) >= 11 is 0. The Hall–Kier alpha value is -1.86. The third kappa shape index (κ3) is 3.08. The number of rotatable bonds is 4. The van der Waals surface area contributed by atoms with E-state index in [0.717, 1.165) is 32.2 Å². The standard InChI is InChI=1S/C14H15NO3/c15-8-12-7-11(9-16)4-5-14(12)18-10-13-3-1-2-6-17-13/h4-5,7,9,13H,1-3,6,10H2. The van der Waals surface area contributed by atoms with Gasteiger partial charge in [0.1, 0.15) is 24.7 Å². The minimum Gasteiger partial charge on any atom is -0.489 e. The van der Waals surface area contributed by atoms with Crippen molar-refractivity contribution in [2.75, 3.05) is 13.2 Å². The number of aldehydes is 1. The van der Waals surface area contributed by atoms with Crippen LogP contribution in [0.1, 0.15) is 35.2 Å². The van der Waals surface area contributed by atoms with Gasteiger partial charge in [0.2, 0.25) is 0 Å². The minimum atomic E-state index is 0.107. The fourth-order valence-electron chi connectivity index (χ4n) is 1.96. The smallest absolute Gasteiger partial charge is 0.150 e. The van der Waals surface area contributed by atoms with E-state index >= 15 is 0 Å². The van der Waals surface area contributed by atoms with E-state index in [1.54, 1.807) is 12.1 Å². The quantitative estimate of drug-likeness (QED) is 0.764. The van der Waals surface area contributed by atoms with Gasteiger partial charge in [0, 0.05) is 12.2 Å². The van der Waals surface area contributed by atoms with Crippen LogP contribution in [-0.2, 0) is 4.74 Å². The van der Waals surface area contributed by atoms with E-state index in [9.17, 15) is 4.79 Å². The number of nitriles is 1. The van der Waals surface area contributed by atoms with Crippen molar-refractivity contribution in [3.8, 4) is 11.8 Å². The van der Waals surface area contributed by atoms with Crippen LogP contribution < -0.4 is 4.74 Å². The van der Waals surface area contributed by atoms with Crippen molar-refractivity contribution >= 4 is 6.29 Å². The summed E-state index contributed by atoms with van der Waals surface area (Å²) in [6, 6.07) is 6.87. The van der Waals surface area contributed by atoms with Crippen LogP contribution in [0, 0.1) is 11.3 Å². The maximum absolute atomic E-state index is 10.6. The lowest BCUT2D eigenvalue weighted by molar-refractivity contribution is -0.0111. The first-order valence-electron chi connectivity index (χ1n) is 6.07. The van der Waals surface area contributed by atoms with E-state index in [4.69, 9.17) is 14.7 Å². The van der Waals surface area contributed by atoms with Crippen LogP contribution in [0.15, 0.2) is 18.2 Å². The number of nitrogens with zero attached hydrogens (tertiary/aromatic N) is 1. The highest BCUT2D eigenvalue weighted by Gasteiger charge is 2.15. The number of carbonyl (C=O) groups is 1. The average molecular weight is 245 g/mol. The van der Waals surface area contributed by atoms with Crippen molar-refractivity contribution in [2.45, 2.75) is 25.4 Å². The van der Waals surface area contributed by atoms with E-state index in [2.05, 4.69) is 0 Å². The number of hydrogen-bond donors (Lipinski definition) is 0. The molecule has 1 aromatic rings. The molecule has 1 aromatic carbocycles. The molecule has 1 unspecified atom stereocenters. The largest absolute Gasteiger partial charge is 0.489 e. The first kappa shape index (κ1) is 12.6. The zero-order valence-electron chi connectivity index (χ0n) is 10.1. The molecule has 0 spiro atoms. The third-order valence-electron chi connectivity index (χ3n) is 2.96. The SMILES string of the molecule is N#Cc1cc(C=O)ccc1OCC1CCCCO1. The highest BCUT2D eigenvalue weighted by atomic mass is 16.5. The molecule has 1 saturated heterocycles. The Morgan fingerprint density at radius 3 is 3.06 bits per heavy atom. The molecule has 0 radical (unpaired) electrons. The topological polar surface area (TPSA) is 59.3 Å². The molecule has 1 fully saturated rings. The summed E-state index contributed by atoms with van der Waals surface area (Å²) in [5.41, 5.74) is 0.864. The van der Waals surface area contributed by atoms with Crippen LogP contribution in [0.25, 0.3) is 0 Å². The summed E-state index contributed by atoms with van der Waals surface area (Å²) in [5.74, 6) is 0.511. The predicted octanol–water partition coefficient (Wildman–Crippen LogP) is 2.32. The third-order valence-corrected chi connectivity index (χ3v) is 2.96. The van der Waals surface area contributed by atoms with Gasteiger partial charge in [0.25, 0.3) is 0 Å². The van der Waals surface area contributed by atoms with E-state index in [0.29, 0.717) is 23.5 Å². The van der Waals surface area contributed by atoms with Gasteiger partial charge in [-0.1, -0.05) is 0 Å². The van der Waals surface area contributed by atoms with E-state index in [-0.39, 0.29) is 6.10 Å². The van der Waals surface area contributed by atoms with Gasteiger partial charge in [0.15, 0.2) is 0 Å². The van der Waals surface area contributed by atoms with Crippen molar-refractivity contribution in [1.82, 2.24) is 0 Å². The van der Waals surface area contributed by atoms with Gasteiger partial charge in [-0.15, -0.1) is 0 Å². The average Bonchev–Trinajstić information content (AvgIpc) is 2.46. The van der Waals surface area contributed by atoms with Crippen molar-refractivity contribution < 1.29 is 14.3 Å². The lowest BCUT2D eigenvalue weighted by Crippen LogP contribution is -2.25. The summed E-state index contributed by atoms with van der Waals surface area (Å²) in [7, 11) is 0. The molecule has 0 amide bonds. The van der Waals surface area contributed by atoms with Gasteiger partial charge in [-0.2, -0.15) is 5.26 Å². The van der Waals surface area contributed by atoms with Gasteiger partial charge < -0.3 is 9.47 Å². The van der Waals surface area contributed by atoms with Gasteiger partial charge >= 0.3 is 0 Å². The van der Waals surface area contributed by atoms with E-state index < -0.39 is 0 Å². The second kappa shape index (κ2) is 6.18. The first-order chi connectivity index (χ1) is 8.83. The summed E-state index contributed by atoms with van der Waals surface area (Å²) in [5, 5.41) is 9.00. The summed E-state index contributed by atoms with van der Waals surface area (Å²) in [6.07, 6.45) is 4.08. The van der Waals surface area contributed by atoms with Crippen LogP contribution >= 0.6 is 0 Å². The van der Waals surface area contributed by atoms with Gasteiger partial charge in [-0.25, -0.2) is 0 Å². The molecule has 4 heteroatoms. The molecule has 18 heavy (non-hydrogen) atoms. The highest BCUT2D eigenvalue weighted by Crippen LogP contribution is 2.20. The van der Waals surface area contributed by atoms with Crippen LogP contribution in [0.3, 0.4) is 0 Å². The zero-order chi connectivity index (χ0) is 12.8. The molecule has 4 nitrogen and oxygen atoms in total. The second-order valence-electron chi connectivity index (χ2n) is 4.28. The molecule has 1 atom stereocenters. The zero-order valence-corrected chi connectivity index (χ0v) is 10.1. The minimum absolute atomic E-state index is 0.107. The number of benzene rings is 1. The maximum Gasteiger partial charge on any atom is 0.150 e. The number of ether oxygens (including phenoxy) is 2. The summed E-state index contributed by atoms with van der Waals surface area (Å²) in [6.45, 7) is 1.23. The van der Waals surface area contributed by atoms with Crippen molar-refractivity contribution in [2.24, 2.45) is 0 Å². The van der Waals surface area contributed by atoms with Crippen LogP contribution in [0.5, 0.6) is 5.75 Å². The van der Waals surface area contributed by atoms with Crippen LogP contribution in [0.2, 0.25) is 0 Å². The molecular formula is C14H15NO3. The van der Waals surface area contributed by atoms with Gasteiger partial charge in [-0.05, 0) is 37.5 Å². The molecule has 0 bridgehead atoms. The maximum atomic E-state index is 10.6. The molecule has 0 N–H and O–H groups in total. The highest BCUT2D eigenvalue weighted by molar-refractivity contribution is 5.76. The predicted molar refractivity (Wildman–Crippen MR) is 65.6 cm³/mol. The Balaban J connectivity index is 2.00. The molecule has 0 saturated carbocycles. The van der Waals surface area contributed by atoms with E-state index in [1.165, 1.54) is 6.07 Å². The molecule has 1 aliphatic heterocycles. The lowest BCUT2D eigenvalue weighted by atomic mass is 10.1. The van der Waals surface area contributed by atoms with Crippen LogP contribution in [-0.4, -0.2) is 25.6 Å². The number of carbonyl (C=O) groups excluding carboxylic acids is 1. The molecule has 1 aliphatic rings. The molecule has 1 heterocycles. The molecule has 94 valence electrons. The van der Waals surface area contributed by atoms with Crippen LogP contribution in [0.4, 0.5) is 0 Å². The summed E-state index contributed by atoms with van der Waals surface area (Å²) in [4.78, 5) is 10.6. The van der Waals surface area contributed by atoms with E-state index in [1.807, 2.05) is 6.07 Å². The fraction of sp³-hybridized carbons (Fsp3) is 0.429. The summed E-state index contributed by atoms with van der Waals surface area (Å²) < 4.78 is 11.2. The Kier molecular flexibility index (Phi) is 4.32. The number of hydrogen-bond acceptors (Lipinski definition) is 4. The molecule has 0 aliphatic carbocycles. The first-order valence-corrected chi connectivity index (χ1v) is 6.07. The Bertz CT molecular complexity index is 459. The van der Waals surface area contributed by atoms with Gasteiger partial charge in [-0.3, -0.25) is 4.79 Å². The molecular weight excluding hydrogens is 230 g/mol. The van der Waals surface area contributed by atoms with Crippen molar-refractivity contribution in [1.29, 1.82) is 5.26 Å². The Labute approximate surface area is 106 Å². The second-order valence-corrected chi connectivity index (χ2v) is 4.28. The Morgan fingerprint density at radius 1 is 1.50 bits per heavy atom. The van der Waals surface area contributed by atoms with Crippen molar-refractivity contribution in [3.63, 3.8) is 0 Å².